The van der Waals surface area contributed by atoms with E-state index >= 15 is 0 Å². The topological polar surface area (TPSA) is 74.3 Å². The van der Waals surface area contributed by atoms with Gasteiger partial charge in [0.2, 0.25) is 0 Å². The van der Waals surface area contributed by atoms with Crippen LogP contribution in [0.2, 0.25) is 0 Å². The molecule has 0 saturated heterocycles. The summed E-state index contributed by atoms with van der Waals surface area (Å²) in [5.74, 6) is 0.840. The van der Waals surface area contributed by atoms with Crippen molar-refractivity contribution < 1.29 is 0 Å². The van der Waals surface area contributed by atoms with E-state index in [1.165, 1.54) is 11.9 Å². The molecule has 0 aliphatic heterocycles. The van der Waals surface area contributed by atoms with E-state index in [-0.39, 0.29) is 0 Å². The van der Waals surface area contributed by atoms with Crippen molar-refractivity contribution in [2.24, 2.45) is 0 Å². The van der Waals surface area contributed by atoms with E-state index < -0.39 is 0 Å². The predicted octanol–water partition coefficient (Wildman–Crippen LogP) is 1.32. The molecule has 20 heavy (non-hydrogen) atoms. The Kier molecular flexibility index (Phi) is 3.82. The fourth-order valence-electron chi connectivity index (χ4n) is 1.85. The van der Waals surface area contributed by atoms with Crippen molar-refractivity contribution in [3.05, 3.63) is 52.8 Å². The van der Waals surface area contributed by atoms with Gasteiger partial charge in [-0.2, -0.15) is 5.10 Å². The van der Waals surface area contributed by atoms with E-state index in [2.05, 4.69) is 53.7 Å². The lowest BCUT2D eigenvalue weighted by molar-refractivity contribution is 0.478. The summed E-state index contributed by atoms with van der Waals surface area (Å²) in [4.78, 5) is 3.91. The van der Waals surface area contributed by atoms with Crippen LogP contribution < -0.4 is 0 Å². The van der Waals surface area contributed by atoms with Gasteiger partial charge in [-0.25, -0.2) is 9.67 Å². The van der Waals surface area contributed by atoms with Gasteiger partial charge in [-0.1, -0.05) is 28.1 Å². The summed E-state index contributed by atoms with van der Waals surface area (Å²) in [7, 11) is 0. The van der Waals surface area contributed by atoms with Gasteiger partial charge in [0.15, 0.2) is 5.82 Å². The van der Waals surface area contributed by atoms with Gasteiger partial charge in [-0.05, 0) is 28.1 Å². The molecule has 0 saturated carbocycles. The third kappa shape index (κ3) is 3.08. The molecule has 0 spiro atoms. The first-order valence-corrected chi connectivity index (χ1v) is 6.92. The summed E-state index contributed by atoms with van der Waals surface area (Å²) < 4.78 is 4.61. The Morgan fingerprint density at radius 3 is 2.70 bits per heavy atom. The number of tetrazole rings is 1. The monoisotopic (exact) mass is 333 g/mol. The first-order chi connectivity index (χ1) is 9.81. The van der Waals surface area contributed by atoms with Crippen molar-refractivity contribution in [2.75, 3.05) is 0 Å². The molecule has 0 unspecified atom stereocenters. The third-order valence-electron chi connectivity index (χ3n) is 2.89. The van der Waals surface area contributed by atoms with Crippen LogP contribution in [0.3, 0.4) is 0 Å². The van der Waals surface area contributed by atoms with Crippen LogP contribution in [-0.4, -0.2) is 35.0 Å². The maximum atomic E-state index is 4.08. The highest BCUT2D eigenvalue weighted by molar-refractivity contribution is 9.10. The third-order valence-corrected chi connectivity index (χ3v) is 3.42. The van der Waals surface area contributed by atoms with Crippen molar-refractivity contribution in [2.45, 2.75) is 19.5 Å². The number of aryl methyl sites for hydroxylation is 2. The van der Waals surface area contributed by atoms with Crippen LogP contribution in [0.5, 0.6) is 0 Å². The van der Waals surface area contributed by atoms with Gasteiger partial charge in [0, 0.05) is 10.9 Å². The second kappa shape index (κ2) is 5.91. The minimum absolute atomic E-state index is 0.669. The average Bonchev–Trinajstić information content (AvgIpc) is 3.10. The molecule has 0 amide bonds. The highest BCUT2D eigenvalue weighted by Crippen LogP contribution is 2.12. The van der Waals surface area contributed by atoms with Crippen LogP contribution in [-0.2, 0) is 19.5 Å². The lowest BCUT2D eigenvalue weighted by atomic mass is 10.1. The quantitative estimate of drug-likeness (QED) is 0.703. The molecule has 0 bridgehead atoms. The Morgan fingerprint density at radius 2 is 1.95 bits per heavy atom. The van der Waals surface area contributed by atoms with E-state index in [9.17, 15) is 0 Å². The van der Waals surface area contributed by atoms with Crippen LogP contribution in [0.15, 0.2) is 41.4 Å². The Labute approximate surface area is 123 Å². The minimum atomic E-state index is 0.669. The zero-order chi connectivity index (χ0) is 13.8. The summed E-state index contributed by atoms with van der Waals surface area (Å²) >= 11 is 3.42. The number of halogens is 1. The Bertz CT molecular complexity index is 659. The van der Waals surface area contributed by atoms with Gasteiger partial charge < -0.3 is 0 Å². The molecule has 0 radical (unpaired) electrons. The molecule has 0 fully saturated rings. The molecular weight excluding hydrogens is 322 g/mol. The Hall–Kier alpha value is -2.09. The summed E-state index contributed by atoms with van der Waals surface area (Å²) in [5, 5.41) is 15.9. The van der Waals surface area contributed by atoms with Crippen molar-refractivity contribution in [3.8, 4) is 0 Å². The lowest BCUT2D eigenvalue weighted by Gasteiger charge is -2.05. The summed E-state index contributed by atoms with van der Waals surface area (Å²) in [6.45, 7) is 1.36. The molecule has 0 aliphatic carbocycles. The molecule has 0 atom stereocenters. The molecule has 7 nitrogen and oxygen atoms in total. The molecule has 8 heteroatoms. The fourth-order valence-corrected chi connectivity index (χ4v) is 2.12. The van der Waals surface area contributed by atoms with Crippen molar-refractivity contribution >= 4 is 15.9 Å². The largest absolute Gasteiger partial charge is 0.251 e. The number of rotatable bonds is 5. The highest BCUT2D eigenvalue weighted by atomic mass is 79.9. The molecule has 0 N–H and O–H groups in total. The maximum Gasteiger partial charge on any atom is 0.155 e. The normalized spacial score (nSPS) is 10.8. The van der Waals surface area contributed by atoms with E-state index in [1.54, 1.807) is 15.7 Å². The predicted molar refractivity (Wildman–Crippen MR) is 74.8 cm³/mol. The number of hydrogen-bond acceptors (Lipinski definition) is 5. The highest BCUT2D eigenvalue weighted by Gasteiger charge is 2.07. The summed E-state index contributed by atoms with van der Waals surface area (Å²) in [5.41, 5.74) is 1.17. The van der Waals surface area contributed by atoms with Crippen LogP contribution in [0, 0.1) is 0 Å². The second-order valence-electron chi connectivity index (χ2n) is 4.28. The minimum Gasteiger partial charge on any atom is -0.251 e. The van der Waals surface area contributed by atoms with Crippen molar-refractivity contribution in [1.82, 2.24) is 35.0 Å². The standard InChI is InChI=1S/C12H12BrN7/c13-11-3-1-10(2-4-11)7-12-16-17-18-20(12)6-5-19-9-14-8-15-19/h1-4,8-9H,5-7H2. The van der Waals surface area contributed by atoms with Crippen molar-refractivity contribution in [3.63, 3.8) is 0 Å². The molecule has 2 aromatic heterocycles. The van der Waals surface area contributed by atoms with Crippen LogP contribution >= 0.6 is 15.9 Å². The number of benzene rings is 1. The zero-order valence-corrected chi connectivity index (χ0v) is 12.2. The van der Waals surface area contributed by atoms with E-state index in [0.29, 0.717) is 19.5 Å². The lowest BCUT2D eigenvalue weighted by Crippen LogP contribution is -2.12. The molecule has 0 aliphatic rings. The Balaban J connectivity index is 1.68. The molecule has 2 heterocycles. The maximum absolute atomic E-state index is 4.08. The van der Waals surface area contributed by atoms with Gasteiger partial charge in [0.1, 0.15) is 12.7 Å². The smallest absolute Gasteiger partial charge is 0.155 e. The first-order valence-electron chi connectivity index (χ1n) is 6.13. The van der Waals surface area contributed by atoms with Gasteiger partial charge in [0.25, 0.3) is 0 Å². The van der Waals surface area contributed by atoms with E-state index in [4.69, 9.17) is 0 Å². The van der Waals surface area contributed by atoms with Crippen LogP contribution in [0.4, 0.5) is 0 Å². The summed E-state index contributed by atoms with van der Waals surface area (Å²) in [6.07, 6.45) is 3.90. The van der Waals surface area contributed by atoms with Crippen LogP contribution in [0.1, 0.15) is 11.4 Å². The first kappa shape index (κ1) is 12.9. The number of hydrogen-bond donors (Lipinski definition) is 0. The molecule has 3 aromatic rings. The SMILES string of the molecule is Brc1ccc(Cc2nnnn2CCn2cncn2)cc1. The van der Waals surface area contributed by atoms with Gasteiger partial charge in [-0.3, -0.25) is 4.68 Å². The number of nitrogens with zero attached hydrogens (tertiary/aromatic N) is 7. The number of aromatic nitrogens is 7. The van der Waals surface area contributed by atoms with Crippen LogP contribution in [0.25, 0.3) is 0 Å². The molecule has 102 valence electrons. The van der Waals surface area contributed by atoms with Gasteiger partial charge in [0.05, 0.1) is 13.1 Å². The van der Waals surface area contributed by atoms with Gasteiger partial charge in [-0.15, -0.1) is 5.10 Å². The van der Waals surface area contributed by atoms with Gasteiger partial charge >= 0.3 is 0 Å². The second-order valence-corrected chi connectivity index (χ2v) is 5.20. The molecule has 1 aromatic carbocycles. The summed E-state index contributed by atoms with van der Waals surface area (Å²) in [6, 6.07) is 8.14. The van der Waals surface area contributed by atoms with Crippen molar-refractivity contribution in [1.29, 1.82) is 0 Å². The fraction of sp³-hybridized carbons (Fsp3) is 0.250. The Morgan fingerprint density at radius 1 is 1.10 bits per heavy atom. The molecule has 3 rings (SSSR count). The molecular formula is C12H12BrN7. The van der Waals surface area contributed by atoms with E-state index in [1.807, 2.05) is 12.1 Å². The zero-order valence-electron chi connectivity index (χ0n) is 10.6. The average molecular weight is 334 g/mol. The van der Waals surface area contributed by atoms with E-state index in [0.717, 1.165) is 10.3 Å².